The summed E-state index contributed by atoms with van der Waals surface area (Å²) >= 11 is 0. The number of amides is 1. The number of halogens is 1. The van der Waals surface area contributed by atoms with Crippen LogP contribution in [0.25, 0.3) is 0 Å². The van der Waals surface area contributed by atoms with Gasteiger partial charge in [0.2, 0.25) is 5.91 Å². The summed E-state index contributed by atoms with van der Waals surface area (Å²) in [5.74, 6) is 1.71. The largest absolute Gasteiger partial charge is 0.497 e. The van der Waals surface area contributed by atoms with Crippen LogP contribution in [-0.2, 0) is 10.2 Å². The van der Waals surface area contributed by atoms with E-state index in [0.717, 1.165) is 12.2 Å². The molecule has 2 N–H and O–H groups in total. The van der Waals surface area contributed by atoms with Crippen molar-refractivity contribution in [2.75, 3.05) is 13.7 Å². The van der Waals surface area contributed by atoms with Crippen LogP contribution in [0.1, 0.15) is 51.5 Å². The second-order valence-electron chi connectivity index (χ2n) is 7.94. The molecule has 4 nitrogen and oxygen atoms in total. The molecule has 3 unspecified atom stereocenters. The fraction of sp³-hybridized carbons (Fsp3) is 0.650. The third-order valence-corrected chi connectivity index (χ3v) is 5.76. The quantitative estimate of drug-likeness (QED) is 0.839. The minimum absolute atomic E-state index is 0. The van der Waals surface area contributed by atoms with E-state index >= 15 is 0 Å². The summed E-state index contributed by atoms with van der Waals surface area (Å²) in [6.07, 6.45) is 6.12. The number of benzene rings is 1. The van der Waals surface area contributed by atoms with Crippen molar-refractivity contribution in [1.29, 1.82) is 0 Å². The molecule has 5 heteroatoms. The number of hydrogen-bond donors (Lipinski definition) is 2. The lowest BCUT2D eigenvalue weighted by Gasteiger charge is -2.27. The minimum atomic E-state index is -0.104. The number of carbonyl (C=O) groups excluding carboxylic acids is 1. The van der Waals surface area contributed by atoms with Crippen molar-refractivity contribution in [1.82, 2.24) is 10.6 Å². The Labute approximate surface area is 157 Å². The smallest absolute Gasteiger partial charge is 0.237 e. The molecule has 0 bridgehead atoms. The molecule has 1 saturated carbocycles. The van der Waals surface area contributed by atoms with Crippen LogP contribution in [0.2, 0.25) is 0 Å². The summed E-state index contributed by atoms with van der Waals surface area (Å²) in [4.78, 5) is 12.6. The van der Waals surface area contributed by atoms with Gasteiger partial charge in [-0.3, -0.25) is 4.79 Å². The molecule has 1 amide bonds. The predicted molar refractivity (Wildman–Crippen MR) is 104 cm³/mol. The van der Waals surface area contributed by atoms with E-state index in [0.29, 0.717) is 18.5 Å². The molecule has 0 aromatic heterocycles. The van der Waals surface area contributed by atoms with Crippen LogP contribution in [-0.4, -0.2) is 31.6 Å². The highest BCUT2D eigenvalue weighted by Gasteiger charge is 2.38. The lowest BCUT2D eigenvalue weighted by Crippen LogP contribution is -2.46. The van der Waals surface area contributed by atoms with Gasteiger partial charge >= 0.3 is 0 Å². The summed E-state index contributed by atoms with van der Waals surface area (Å²) in [5.41, 5.74) is 1.10. The van der Waals surface area contributed by atoms with Crippen molar-refractivity contribution in [2.24, 2.45) is 5.92 Å². The second-order valence-corrected chi connectivity index (χ2v) is 7.94. The number of methoxy groups -OCH3 is 1. The molecular formula is C20H31ClN2O2. The third-order valence-electron chi connectivity index (χ3n) is 5.76. The highest BCUT2D eigenvalue weighted by Crippen LogP contribution is 2.33. The molecule has 3 atom stereocenters. The van der Waals surface area contributed by atoms with Crippen molar-refractivity contribution < 1.29 is 9.53 Å². The first-order valence-electron chi connectivity index (χ1n) is 9.18. The van der Waals surface area contributed by atoms with Gasteiger partial charge in [0, 0.05) is 18.0 Å². The van der Waals surface area contributed by atoms with Crippen LogP contribution in [0.3, 0.4) is 0 Å². The Kier molecular flexibility index (Phi) is 6.75. The van der Waals surface area contributed by atoms with E-state index in [1.54, 1.807) is 7.11 Å². The normalized spacial score (nSPS) is 25.6. The summed E-state index contributed by atoms with van der Waals surface area (Å²) < 4.78 is 5.22. The zero-order valence-electron chi connectivity index (χ0n) is 15.5. The van der Waals surface area contributed by atoms with Crippen molar-refractivity contribution in [3.8, 4) is 5.75 Å². The number of ether oxygens (including phenoxy) is 1. The molecule has 1 aliphatic carbocycles. The van der Waals surface area contributed by atoms with Gasteiger partial charge in [-0.2, -0.15) is 0 Å². The van der Waals surface area contributed by atoms with E-state index < -0.39 is 0 Å². The van der Waals surface area contributed by atoms with Gasteiger partial charge in [-0.1, -0.05) is 38.8 Å². The summed E-state index contributed by atoms with van der Waals surface area (Å²) in [7, 11) is 1.67. The van der Waals surface area contributed by atoms with E-state index in [-0.39, 0.29) is 29.8 Å². The number of nitrogens with one attached hydrogen (secondary N) is 2. The van der Waals surface area contributed by atoms with E-state index in [9.17, 15) is 4.79 Å². The van der Waals surface area contributed by atoms with E-state index in [2.05, 4.69) is 36.6 Å². The average Bonchev–Trinajstić information content (AvgIpc) is 3.04. The zero-order valence-corrected chi connectivity index (χ0v) is 16.3. The van der Waals surface area contributed by atoms with Gasteiger partial charge in [-0.05, 0) is 42.9 Å². The predicted octanol–water partition coefficient (Wildman–Crippen LogP) is 3.43. The molecule has 25 heavy (non-hydrogen) atoms. The van der Waals surface area contributed by atoms with Gasteiger partial charge in [0.1, 0.15) is 5.75 Å². The lowest BCUT2D eigenvalue weighted by atomic mass is 9.84. The fourth-order valence-corrected chi connectivity index (χ4v) is 4.10. The standard InChI is InChI=1S/C20H30N2O2.ClH/c1-20(2,15-8-10-16(24-3)11-9-15)13-21-19(23)18-12-14-6-4-5-7-17(14)22-18;/h8-11,14,17-18,22H,4-7,12-13H2,1-3H3,(H,21,23);1H. The molecule has 1 aromatic rings. The van der Waals surface area contributed by atoms with Crippen LogP contribution >= 0.6 is 12.4 Å². The molecule has 1 aromatic carbocycles. The SMILES string of the molecule is COc1ccc(C(C)(C)CNC(=O)C2CC3CCCCC3N2)cc1.Cl. The Hall–Kier alpha value is -1.26. The Morgan fingerprint density at radius 1 is 1.24 bits per heavy atom. The molecule has 2 aliphatic rings. The van der Waals surface area contributed by atoms with Crippen LogP contribution in [0.4, 0.5) is 0 Å². The maximum atomic E-state index is 12.6. The minimum Gasteiger partial charge on any atom is -0.497 e. The molecule has 1 heterocycles. The number of carbonyl (C=O) groups is 1. The highest BCUT2D eigenvalue weighted by atomic mass is 35.5. The van der Waals surface area contributed by atoms with Crippen molar-refractivity contribution in [3.63, 3.8) is 0 Å². The molecule has 0 radical (unpaired) electrons. The van der Waals surface area contributed by atoms with E-state index in [1.165, 1.54) is 31.2 Å². The highest BCUT2D eigenvalue weighted by molar-refractivity contribution is 5.85. The molecule has 3 rings (SSSR count). The molecule has 0 spiro atoms. The molecular weight excluding hydrogens is 336 g/mol. The molecule has 1 aliphatic heterocycles. The summed E-state index contributed by atoms with van der Waals surface area (Å²) in [6.45, 7) is 4.97. The first kappa shape index (κ1) is 20.1. The molecule has 2 fully saturated rings. The topological polar surface area (TPSA) is 50.4 Å². The van der Waals surface area contributed by atoms with Gasteiger partial charge in [0.25, 0.3) is 0 Å². The van der Waals surface area contributed by atoms with Crippen LogP contribution in [0, 0.1) is 5.92 Å². The van der Waals surface area contributed by atoms with Gasteiger partial charge in [0.05, 0.1) is 13.2 Å². The fourth-order valence-electron chi connectivity index (χ4n) is 4.10. The lowest BCUT2D eigenvalue weighted by molar-refractivity contribution is -0.123. The van der Waals surface area contributed by atoms with Crippen LogP contribution in [0.15, 0.2) is 24.3 Å². The van der Waals surface area contributed by atoms with Crippen molar-refractivity contribution >= 4 is 18.3 Å². The van der Waals surface area contributed by atoms with E-state index in [4.69, 9.17) is 4.74 Å². The Morgan fingerprint density at radius 3 is 2.56 bits per heavy atom. The van der Waals surface area contributed by atoms with Crippen molar-refractivity contribution in [3.05, 3.63) is 29.8 Å². The molecule has 1 saturated heterocycles. The maximum Gasteiger partial charge on any atom is 0.237 e. The summed E-state index contributed by atoms with van der Waals surface area (Å²) in [5, 5.41) is 6.72. The maximum absolute atomic E-state index is 12.6. The first-order chi connectivity index (χ1) is 11.5. The van der Waals surface area contributed by atoms with Gasteiger partial charge in [0.15, 0.2) is 0 Å². The number of hydrogen-bond acceptors (Lipinski definition) is 3. The summed E-state index contributed by atoms with van der Waals surface area (Å²) in [6, 6.07) is 8.65. The third kappa shape index (κ3) is 4.68. The van der Waals surface area contributed by atoms with Gasteiger partial charge < -0.3 is 15.4 Å². The average molecular weight is 367 g/mol. The monoisotopic (exact) mass is 366 g/mol. The van der Waals surface area contributed by atoms with Gasteiger partial charge in [-0.15, -0.1) is 12.4 Å². The number of rotatable bonds is 5. The Balaban J connectivity index is 0.00000225. The van der Waals surface area contributed by atoms with Gasteiger partial charge in [-0.25, -0.2) is 0 Å². The zero-order chi connectivity index (χ0) is 17.2. The Morgan fingerprint density at radius 2 is 1.92 bits per heavy atom. The second kappa shape index (κ2) is 8.41. The Bertz CT molecular complexity index is 560. The van der Waals surface area contributed by atoms with E-state index in [1.807, 2.05) is 12.1 Å². The van der Waals surface area contributed by atoms with Crippen LogP contribution in [0.5, 0.6) is 5.75 Å². The van der Waals surface area contributed by atoms with Crippen LogP contribution < -0.4 is 15.4 Å². The number of fused-ring (bicyclic) bond motifs is 1. The molecule has 140 valence electrons. The first-order valence-corrected chi connectivity index (χ1v) is 9.18. The van der Waals surface area contributed by atoms with Crippen molar-refractivity contribution in [2.45, 2.75) is 63.5 Å².